The largest absolute Gasteiger partial charge is 0.481 e. The van der Waals surface area contributed by atoms with Crippen molar-refractivity contribution in [3.63, 3.8) is 0 Å². The van der Waals surface area contributed by atoms with Crippen LogP contribution in [0.5, 0.6) is 0 Å². The molecule has 0 spiro atoms. The molecule has 0 heterocycles. The fourth-order valence-corrected chi connectivity index (χ4v) is 0.588. The number of carbonyl (C=O) groups is 3. The molecule has 0 amide bonds. The highest BCUT2D eigenvalue weighted by atomic mass is 24.3. The van der Waals surface area contributed by atoms with Crippen molar-refractivity contribution >= 4 is 41.0 Å². The number of ether oxygens (including phenoxy) is 2. The molecule has 0 atom stereocenters. The first-order valence-corrected chi connectivity index (χ1v) is 4.13. The smallest absolute Gasteiger partial charge is 0.333 e. The maximum Gasteiger partial charge on any atom is 0.333 e. The van der Waals surface area contributed by atoms with Gasteiger partial charge in [-0.15, -0.1) is 0 Å². The number of rotatable bonds is 6. The minimum absolute atomic E-state index is 0. The molecule has 0 saturated carbocycles. The first-order chi connectivity index (χ1) is 6.93. The van der Waals surface area contributed by atoms with Crippen LogP contribution in [0.25, 0.3) is 0 Å². The average Bonchev–Trinajstić information content (AvgIpc) is 2.10. The molecule has 0 saturated heterocycles. The molecule has 0 fully saturated rings. The molecule has 0 aliphatic heterocycles. The Labute approximate surface area is 109 Å². The summed E-state index contributed by atoms with van der Waals surface area (Å²) in [6.07, 6.45) is -0.700. The molecular weight excluding hydrogens is 228 g/mol. The Hall–Kier alpha value is -1.08. The molecule has 0 aromatic heterocycles. The predicted octanol–water partition coefficient (Wildman–Crippen LogP) is -0.793. The molecule has 7 heteroatoms. The topological polar surface area (TPSA) is 89.9 Å². The molecular formula is C9H14MgO6. The van der Waals surface area contributed by atoms with E-state index >= 15 is 0 Å². The van der Waals surface area contributed by atoms with Gasteiger partial charge in [-0.1, -0.05) is 6.58 Å². The van der Waals surface area contributed by atoms with Crippen molar-refractivity contribution in [3.8, 4) is 0 Å². The predicted molar refractivity (Wildman–Crippen MR) is 57.5 cm³/mol. The molecule has 0 bridgehead atoms. The third-order valence-corrected chi connectivity index (χ3v) is 1.22. The van der Waals surface area contributed by atoms with Crippen LogP contribution >= 0.6 is 0 Å². The van der Waals surface area contributed by atoms with E-state index in [0.29, 0.717) is 0 Å². The number of carbonyl (C=O) groups excluding carboxylic acids is 2. The lowest BCUT2D eigenvalue weighted by Crippen LogP contribution is -2.16. The first-order valence-electron chi connectivity index (χ1n) is 4.13. The van der Waals surface area contributed by atoms with E-state index in [2.05, 4.69) is 16.1 Å². The van der Waals surface area contributed by atoms with Gasteiger partial charge in [0.1, 0.15) is 19.6 Å². The Morgan fingerprint density at radius 1 is 1.19 bits per heavy atom. The van der Waals surface area contributed by atoms with Crippen LogP contribution in [0.3, 0.4) is 0 Å². The van der Waals surface area contributed by atoms with E-state index < -0.39 is 24.3 Å². The zero-order valence-corrected chi connectivity index (χ0v) is 8.32. The van der Waals surface area contributed by atoms with Crippen molar-refractivity contribution in [2.75, 3.05) is 13.2 Å². The van der Waals surface area contributed by atoms with E-state index in [0.717, 1.165) is 0 Å². The van der Waals surface area contributed by atoms with Crippen LogP contribution < -0.4 is 0 Å². The number of carboxylic acids is 1. The normalized spacial score (nSPS) is 8.56. The van der Waals surface area contributed by atoms with Crippen molar-refractivity contribution in [1.82, 2.24) is 0 Å². The van der Waals surface area contributed by atoms with Crippen LogP contribution in [0, 0.1) is 0 Å². The van der Waals surface area contributed by atoms with Gasteiger partial charge in [0.2, 0.25) is 0 Å². The van der Waals surface area contributed by atoms with Crippen molar-refractivity contribution in [3.05, 3.63) is 12.2 Å². The summed E-state index contributed by atoms with van der Waals surface area (Å²) in [5.41, 5.74) is 0.242. The van der Waals surface area contributed by atoms with Gasteiger partial charge in [-0.25, -0.2) is 4.79 Å². The molecule has 0 aromatic carbocycles. The van der Waals surface area contributed by atoms with E-state index in [1.165, 1.54) is 6.92 Å². The maximum absolute atomic E-state index is 10.8. The van der Waals surface area contributed by atoms with Crippen molar-refractivity contribution in [1.29, 1.82) is 0 Å². The standard InChI is InChI=1S/C9H12O6.Mg.2H/c1-6(2)9(13)15-4-3-14-8(12)5-7(10)11;;;/h1,3-5H2,2H3,(H,10,11);;;. The third kappa shape index (κ3) is 9.47. The van der Waals surface area contributed by atoms with Gasteiger partial charge >= 0.3 is 41.0 Å². The van der Waals surface area contributed by atoms with Crippen molar-refractivity contribution in [2.24, 2.45) is 0 Å². The lowest BCUT2D eigenvalue weighted by atomic mass is 10.4. The van der Waals surface area contributed by atoms with Gasteiger partial charge in [0, 0.05) is 5.57 Å². The van der Waals surface area contributed by atoms with Crippen molar-refractivity contribution in [2.45, 2.75) is 13.3 Å². The van der Waals surface area contributed by atoms with Gasteiger partial charge in [0.15, 0.2) is 0 Å². The SMILES string of the molecule is C=C(C)C(=O)OCCOC(=O)CC(=O)O.[MgH2]. The third-order valence-electron chi connectivity index (χ3n) is 1.22. The molecule has 0 rings (SSSR count). The molecule has 0 aromatic rings. The molecule has 0 aliphatic carbocycles. The lowest BCUT2D eigenvalue weighted by molar-refractivity contribution is -0.155. The molecule has 0 aliphatic rings. The summed E-state index contributed by atoms with van der Waals surface area (Å²) in [4.78, 5) is 31.5. The van der Waals surface area contributed by atoms with E-state index in [1.807, 2.05) is 0 Å². The van der Waals surface area contributed by atoms with Gasteiger partial charge in [-0.05, 0) is 6.92 Å². The number of esters is 2. The second-order valence-corrected chi connectivity index (χ2v) is 2.71. The average molecular weight is 243 g/mol. The molecule has 88 valence electrons. The minimum Gasteiger partial charge on any atom is -0.481 e. The van der Waals surface area contributed by atoms with Gasteiger partial charge in [-0.3, -0.25) is 9.59 Å². The highest BCUT2D eigenvalue weighted by molar-refractivity contribution is 5.90. The Morgan fingerprint density at radius 3 is 2.12 bits per heavy atom. The fourth-order valence-electron chi connectivity index (χ4n) is 0.588. The van der Waals surface area contributed by atoms with E-state index in [-0.39, 0.29) is 41.8 Å². The minimum atomic E-state index is -1.26. The molecule has 0 radical (unpaired) electrons. The zero-order chi connectivity index (χ0) is 11.8. The van der Waals surface area contributed by atoms with Gasteiger partial charge in [0.05, 0.1) is 0 Å². The second kappa shape index (κ2) is 9.16. The number of hydrogen-bond donors (Lipinski definition) is 1. The Morgan fingerprint density at radius 2 is 1.69 bits per heavy atom. The zero-order valence-electron chi connectivity index (χ0n) is 8.32. The summed E-state index contributed by atoms with van der Waals surface area (Å²) in [6, 6.07) is 0. The first kappa shape index (κ1) is 17.3. The van der Waals surface area contributed by atoms with E-state index in [4.69, 9.17) is 5.11 Å². The number of carboxylic acid groups (broad SMARTS) is 1. The summed E-state index contributed by atoms with van der Waals surface area (Å²) < 4.78 is 9.05. The molecule has 6 nitrogen and oxygen atoms in total. The quantitative estimate of drug-likeness (QED) is 0.216. The molecule has 16 heavy (non-hydrogen) atoms. The number of aliphatic carboxylic acids is 1. The van der Waals surface area contributed by atoms with Gasteiger partial charge in [0.25, 0.3) is 0 Å². The Kier molecular flexibility index (Phi) is 9.92. The second-order valence-electron chi connectivity index (χ2n) is 2.71. The van der Waals surface area contributed by atoms with Gasteiger partial charge < -0.3 is 14.6 Å². The van der Waals surface area contributed by atoms with Gasteiger partial charge in [-0.2, -0.15) is 0 Å². The highest BCUT2D eigenvalue weighted by Crippen LogP contribution is 1.92. The van der Waals surface area contributed by atoms with Crippen LogP contribution in [0.2, 0.25) is 0 Å². The fraction of sp³-hybridized carbons (Fsp3) is 0.444. The highest BCUT2D eigenvalue weighted by Gasteiger charge is 2.09. The Balaban J connectivity index is 0. The van der Waals surface area contributed by atoms with Crippen LogP contribution in [0.15, 0.2) is 12.2 Å². The lowest BCUT2D eigenvalue weighted by Gasteiger charge is -2.04. The van der Waals surface area contributed by atoms with Crippen LogP contribution in [-0.4, -0.2) is 59.3 Å². The molecule has 1 N–H and O–H groups in total. The summed E-state index contributed by atoms with van der Waals surface area (Å²) in [5, 5.41) is 8.20. The monoisotopic (exact) mass is 242 g/mol. The number of hydrogen-bond acceptors (Lipinski definition) is 5. The van der Waals surface area contributed by atoms with Crippen LogP contribution in [-0.2, 0) is 23.9 Å². The summed E-state index contributed by atoms with van der Waals surface area (Å²) >= 11 is 0. The summed E-state index contributed by atoms with van der Waals surface area (Å²) in [5.74, 6) is -2.71. The van der Waals surface area contributed by atoms with E-state index in [9.17, 15) is 14.4 Å². The summed E-state index contributed by atoms with van der Waals surface area (Å²) in [7, 11) is 0. The molecule has 0 unspecified atom stereocenters. The van der Waals surface area contributed by atoms with Crippen LogP contribution in [0.4, 0.5) is 0 Å². The Bertz CT molecular complexity index is 286. The maximum atomic E-state index is 10.8. The summed E-state index contributed by atoms with van der Waals surface area (Å²) in [6.45, 7) is 4.56. The van der Waals surface area contributed by atoms with E-state index in [1.54, 1.807) is 0 Å². The van der Waals surface area contributed by atoms with Crippen molar-refractivity contribution < 1.29 is 29.0 Å². The van der Waals surface area contributed by atoms with Crippen LogP contribution in [0.1, 0.15) is 13.3 Å².